The number of aromatic nitrogens is 2. The van der Waals surface area contributed by atoms with Crippen LogP contribution in [0.2, 0.25) is 5.15 Å². The molecule has 0 radical (unpaired) electrons. The number of halogens is 1. The van der Waals surface area contributed by atoms with Gasteiger partial charge in [-0.25, -0.2) is 14.8 Å². The fourth-order valence-corrected chi connectivity index (χ4v) is 1.78. The van der Waals surface area contributed by atoms with Gasteiger partial charge >= 0.3 is 5.97 Å². The summed E-state index contributed by atoms with van der Waals surface area (Å²) in [6, 6.07) is 8.49. The topological polar surface area (TPSA) is 64.1 Å². The van der Waals surface area contributed by atoms with Crippen molar-refractivity contribution in [2.75, 3.05) is 12.4 Å². The lowest BCUT2D eigenvalue weighted by Crippen LogP contribution is -2.01. The van der Waals surface area contributed by atoms with Crippen LogP contribution in [0.3, 0.4) is 0 Å². The van der Waals surface area contributed by atoms with Gasteiger partial charge in [0.2, 0.25) is 0 Å². The van der Waals surface area contributed by atoms with Crippen LogP contribution in [0.4, 0.5) is 11.5 Å². The summed E-state index contributed by atoms with van der Waals surface area (Å²) >= 11 is 5.85. The molecule has 1 aromatic heterocycles. The standard InChI is InChI=1S/C13H12ClN3O2/c1-8-15-11(14)7-12(16-8)17-10-5-3-9(4-6-10)13(18)19-2/h3-7H,1-2H3,(H,15,16,17). The van der Waals surface area contributed by atoms with Crippen molar-refractivity contribution in [3.63, 3.8) is 0 Å². The second-order valence-electron chi connectivity index (χ2n) is 3.82. The summed E-state index contributed by atoms with van der Waals surface area (Å²) in [4.78, 5) is 19.5. The van der Waals surface area contributed by atoms with E-state index in [0.29, 0.717) is 22.4 Å². The van der Waals surface area contributed by atoms with Crippen molar-refractivity contribution in [2.24, 2.45) is 0 Å². The van der Waals surface area contributed by atoms with E-state index in [1.54, 1.807) is 37.3 Å². The first-order valence-electron chi connectivity index (χ1n) is 5.55. The molecule has 0 fully saturated rings. The Kier molecular flexibility index (Phi) is 3.97. The number of carbonyl (C=O) groups is 1. The third kappa shape index (κ3) is 3.42. The van der Waals surface area contributed by atoms with Gasteiger partial charge in [-0.3, -0.25) is 0 Å². The molecule has 1 N–H and O–H groups in total. The summed E-state index contributed by atoms with van der Waals surface area (Å²) in [5, 5.41) is 3.46. The highest BCUT2D eigenvalue weighted by molar-refractivity contribution is 6.29. The van der Waals surface area contributed by atoms with E-state index in [2.05, 4.69) is 20.0 Å². The fourth-order valence-electron chi connectivity index (χ4n) is 1.55. The number of aryl methyl sites for hydroxylation is 1. The van der Waals surface area contributed by atoms with E-state index in [9.17, 15) is 4.79 Å². The van der Waals surface area contributed by atoms with E-state index < -0.39 is 0 Å². The molecule has 6 heteroatoms. The lowest BCUT2D eigenvalue weighted by molar-refractivity contribution is 0.0601. The van der Waals surface area contributed by atoms with Gasteiger partial charge in [0, 0.05) is 11.8 Å². The Bertz CT molecular complexity index is 579. The Balaban J connectivity index is 2.17. The van der Waals surface area contributed by atoms with E-state index in [0.717, 1.165) is 5.69 Å². The zero-order valence-electron chi connectivity index (χ0n) is 10.5. The number of nitrogens with one attached hydrogen (secondary N) is 1. The Hall–Kier alpha value is -2.14. The average molecular weight is 278 g/mol. The van der Waals surface area contributed by atoms with Crippen LogP contribution in [0.15, 0.2) is 30.3 Å². The molecule has 0 atom stereocenters. The van der Waals surface area contributed by atoms with Gasteiger partial charge in [-0.15, -0.1) is 0 Å². The number of hydrogen-bond donors (Lipinski definition) is 1. The number of hydrogen-bond acceptors (Lipinski definition) is 5. The summed E-state index contributed by atoms with van der Waals surface area (Å²) < 4.78 is 4.63. The Morgan fingerprint density at radius 1 is 1.26 bits per heavy atom. The zero-order valence-corrected chi connectivity index (χ0v) is 11.2. The molecule has 0 aliphatic rings. The molecule has 0 spiro atoms. The van der Waals surface area contributed by atoms with Crippen LogP contribution in [0.1, 0.15) is 16.2 Å². The van der Waals surface area contributed by atoms with E-state index in [1.165, 1.54) is 7.11 Å². The van der Waals surface area contributed by atoms with Crippen LogP contribution in [-0.4, -0.2) is 23.0 Å². The molecule has 0 aliphatic carbocycles. The average Bonchev–Trinajstić information content (AvgIpc) is 2.37. The van der Waals surface area contributed by atoms with E-state index >= 15 is 0 Å². The lowest BCUT2D eigenvalue weighted by atomic mass is 10.2. The third-order valence-electron chi connectivity index (χ3n) is 2.39. The van der Waals surface area contributed by atoms with Crippen LogP contribution >= 0.6 is 11.6 Å². The minimum atomic E-state index is -0.368. The highest BCUT2D eigenvalue weighted by Gasteiger charge is 2.05. The molecule has 0 saturated carbocycles. The molecule has 0 bridgehead atoms. The largest absolute Gasteiger partial charge is 0.465 e. The smallest absolute Gasteiger partial charge is 0.337 e. The number of rotatable bonds is 3. The predicted octanol–water partition coefficient (Wildman–Crippen LogP) is 2.97. The SMILES string of the molecule is COC(=O)c1ccc(Nc2cc(Cl)nc(C)n2)cc1. The summed E-state index contributed by atoms with van der Waals surface area (Å²) in [5.41, 5.74) is 1.28. The molecule has 0 saturated heterocycles. The Morgan fingerprint density at radius 3 is 2.53 bits per heavy atom. The molecule has 0 unspecified atom stereocenters. The Morgan fingerprint density at radius 2 is 1.95 bits per heavy atom. The van der Waals surface area contributed by atoms with E-state index in [-0.39, 0.29) is 5.97 Å². The van der Waals surface area contributed by atoms with Crippen LogP contribution in [0.25, 0.3) is 0 Å². The van der Waals surface area contributed by atoms with Crippen molar-refractivity contribution in [2.45, 2.75) is 6.92 Å². The fraction of sp³-hybridized carbons (Fsp3) is 0.154. The maximum absolute atomic E-state index is 11.3. The molecule has 5 nitrogen and oxygen atoms in total. The zero-order chi connectivity index (χ0) is 13.8. The molecule has 19 heavy (non-hydrogen) atoms. The van der Waals surface area contributed by atoms with E-state index in [1.807, 2.05) is 0 Å². The number of ether oxygens (including phenoxy) is 1. The third-order valence-corrected chi connectivity index (χ3v) is 2.58. The molecule has 98 valence electrons. The van der Waals surface area contributed by atoms with Crippen LogP contribution in [0.5, 0.6) is 0 Å². The molecular formula is C13H12ClN3O2. The van der Waals surface area contributed by atoms with Crippen LogP contribution in [0, 0.1) is 6.92 Å². The molecule has 2 rings (SSSR count). The van der Waals surface area contributed by atoms with Crippen LogP contribution in [-0.2, 0) is 4.74 Å². The quantitative estimate of drug-likeness (QED) is 0.690. The molecule has 2 aromatic rings. The monoisotopic (exact) mass is 277 g/mol. The van der Waals surface area contributed by atoms with Crippen molar-refractivity contribution < 1.29 is 9.53 Å². The maximum atomic E-state index is 11.3. The number of methoxy groups -OCH3 is 1. The van der Waals surface area contributed by atoms with Gasteiger partial charge in [0.1, 0.15) is 16.8 Å². The van der Waals surface area contributed by atoms with E-state index in [4.69, 9.17) is 11.6 Å². The number of nitrogens with zero attached hydrogens (tertiary/aromatic N) is 2. The van der Waals surface area contributed by atoms with Crippen molar-refractivity contribution in [3.05, 3.63) is 46.9 Å². The number of anilines is 2. The lowest BCUT2D eigenvalue weighted by Gasteiger charge is -2.07. The normalized spacial score (nSPS) is 10.1. The van der Waals surface area contributed by atoms with Crippen molar-refractivity contribution in [1.82, 2.24) is 9.97 Å². The van der Waals surface area contributed by atoms with Gasteiger partial charge in [0.05, 0.1) is 12.7 Å². The van der Waals surface area contributed by atoms with Gasteiger partial charge < -0.3 is 10.1 Å². The number of carbonyl (C=O) groups excluding carboxylic acids is 1. The summed E-state index contributed by atoms with van der Waals surface area (Å²) in [7, 11) is 1.35. The highest BCUT2D eigenvalue weighted by Crippen LogP contribution is 2.18. The minimum absolute atomic E-state index is 0.368. The highest BCUT2D eigenvalue weighted by atomic mass is 35.5. The summed E-state index contributed by atoms with van der Waals surface area (Å²) in [6.45, 7) is 1.76. The molecular weight excluding hydrogens is 266 g/mol. The summed E-state index contributed by atoms with van der Waals surface area (Å²) in [6.07, 6.45) is 0. The van der Waals surface area contributed by atoms with Gasteiger partial charge in [0.15, 0.2) is 0 Å². The second-order valence-corrected chi connectivity index (χ2v) is 4.20. The molecule has 1 heterocycles. The van der Waals surface area contributed by atoms with Gasteiger partial charge in [-0.2, -0.15) is 0 Å². The van der Waals surface area contributed by atoms with Crippen molar-refractivity contribution in [1.29, 1.82) is 0 Å². The molecule has 0 amide bonds. The first-order chi connectivity index (χ1) is 9.08. The van der Waals surface area contributed by atoms with Crippen LogP contribution < -0.4 is 5.32 Å². The van der Waals surface area contributed by atoms with Crippen molar-refractivity contribution in [3.8, 4) is 0 Å². The predicted molar refractivity (Wildman–Crippen MR) is 72.8 cm³/mol. The number of benzene rings is 1. The first-order valence-corrected chi connectivity index (χ1v) is 5.93. The minimum Gasteiger partial charge on any atom is -0.465 e. The van der Waals surface area contributed by atoms with Crippen molar-refractivity contribution >= 4 is 29.1 Å². The molecule has 0 aliphatic heterocycles. The number of esters is 1. The van der Waals surface area contributed by atoms with Gasteiger partial charge in [-0.1, -0.05) is 11.6 Å². The van der Waals surface area contributed by atoms with Gasteiger partial charge in [0.25, 0.3) is 0 Å². The maximum Gasteiger partial charge on any atom is 0.337 e. The summed E-state index contributed by atoms with van der Waals surface area (Å²) in [5.74, 6) is 0.817. The first kappa shape index (κ1) is 13.3. The Labute approximate surface area is 115 Å². The molecule has 1 aromatic carbocycles. The van der Waals surface area contributed by atoms with Gasteiger partial charge in [-0.05, 0) is 31.2 Å². The second kappa shape index (κ2) is 5.67.